The molecule has 7 nitrogen and oxygen atoms in total. The number of aromatic carboxylic acids is 1. The fraction of sp³-hybridized carbons (Fsp3) is 0.118. The maximum absolute atomic E-state index is 12.3. The minimum Gasteiger partial charge on any atom is -0.478 e. The van der Waals surface area contributed by atoms with Crippen LogP contribution in [0.1, 0.15) is 43.6 Å². The van der Waals surface area contributed by atoms with Crippen LogP contribution in [0.15, 0.2) is 47.6 Å². The van der Waals surface area contributed by atoms with E-state index in [4.69, 9.17) is 5.11 Å². The van der Waals surface area contributed by atoms with Crippen LogP contribution in [0.3, 0.4) is 0 Å². The van der Waals surface area contributed by atoms with E-state index in [0.717, 1.165) is 18.1 Å². The number of carbonyl (C=O) groups excluding carboxylic acids is 2. The van der Waals surface area contributed by atoms with Gasteiger partial charge in [-0.3, -0.25) is 9.59 Å². The molecule has 0 atom stereocenters. The van der Waals surface area contributed by atoms with Gasteiger partial charge in [0.05, 0.1) is 16.7 Å². The topological polar surface area (TPSA) is 113 Å². The molecule has 2 amide bonds. The number of amides is 2. The predicted molar refractivity (Wildman–Crippen MR) is 87.3 cm³/mol. The third kappa shape index (κ3) is 3.70. The van der Waals surface area contributed by atoms with Crippen LogP contribution >= 0.6 is 0 Å². The molecule has 0 saturated carbocycles. The Kier molecular flexibility index (Phi) is 5.16. The number of hydrogen-bond donors (Lipinski definition) is 2. The molecular weight excluding hydrogens is 312 g/mol. The molecule has 0 aliphatic rings. The second kappa shape index (κ2) is 7.28. The molecule has 0 aliphatic carbocycles. The number of carboxylic acid groups (broad SMARTS) is 1. The summed E-state index contributed by atoms with van der Waals surface area (Å²) in [5.74, 6) is -3.12. The molecule has 2 aromatic rings. The van der Waals surface area contributed by atoms with Crippen LogP contribution in [0, 0.1) is 4.91 Å². The number of rotatable bonds is 5. The first kappa shape index (κ1) is 17.0. The lowest BCUT2D eigenvalue weighted by Gasteiger charge is -2.09. The molecule has 24 heavy (non-hydrogen) atoms. The molecule has 2 aromatic carbocycles. The second-order valence-electron chi connectivity index (χ2n) is 4.97. The standard InChI is InChI=1S/C17H14N2O5/c1-2-10-3-6-12(7-4-10)18-15(20)13-8-5-11(17(22)23)9-14(13)16(21)19-24/h3-9H,2H2,1H3,(H,18,20)(H,22,23). The molecule has 122 valence electrons. The van der Waals surface area contributed by atoms with Crippen LogP contribution in [0.2, 0.25) is 0 Å². The number of nitrogens with one attached hydrogen (secondary N) is 1. The number of benzene rings is 2. The third-order valence-electron chi connectivity index (χ3n) is 3.44. The maximum atomic E-state index is 12.3. The molecule has 2 N–H and O–H groups in total. The molecule has 0 heterocycles. The Morgan fingerprint density at radius 2 is 1.71 bits per heavy atom. The van der Waals surface area contributed by atoms with Crippen molar-refractivity contribution < 1.29 is 19.5 Å². The lowest BCUT2D eigenvalue weighted by atomic mass is 10.0. The van der Waals surface area contributed by atoms with Crippen molar-refractivity contribution in [2.24, 2.45) is 5.18 Å². The highest BCUT2D eigenvalue weighted by Crippen LogP contribution is 2.17. The summed E-state index contributed by atoms with van der Waals surface area (Å²) in [5.41, 5.74) is 0.916. The Morgan fingerprint density at radius 1 is 1.04 bits per heavy atom. The highest BCUT2D eigenvalue weighted by atomic mass is 16.4. The van der Waals surface area contributed by atoms with Crippen molar-refractivity contribution >= 4 is 23.5 Å². The Balaban J connectivity index is 2.34. The summed E-state index contributed by atoms with van der Waals surface area (Å²) in [5, 5.41) is 13.8. The van der Waals surface area contributed by atoms with E-state index in [2.05, 4.69) is 10.5 Å². The number of carbonyl (C=O) groups is 3. The van der Waals surface area contributed by atoms with Gasteiger partial charge in [-0.15, -0.1) is 4.91 Å². The normalized spacial score (nSPS) is 10.0. The van der Waals surface area contributed by atoms with Gasteiger partial charge in [0.2, 0.25) is 0 Å². The van der Waals surface area contributed by atoms with Crippen LogP contribution in [0.4, 0.5) is 5.69 Å². The SMILES string of the molecule is CCc1ccc(NC(=O)c2ccc(C(=O)O)cc2C(=O)N=O)cc1. The maximum Gasteiger partial charge on any atom is 0.335 e. The highest BCUT2D eigenvalue weighted by molar-refractivity contribution is 6.13. The van der Waals surface area contributed by atoms with Crippen LogP contribution in [0.25, 0.3) is 0 Å². The fourth-order valence-electron chi connectivity index (χ4n) is 2.12. The van der Waals surface area contributed by atoms with Crippen LogP contribution in [-0.2, 0) is 6.42 Å². The summed E-state index contributed by atoms with van der Waals surface area (Å²) in [6.45, 7) is 2.00. The molecule has 0 spiro atoms. The Labute approximate surface area is 137 Å². The van der Waals surface area contributed by atoms with Gasteiger partial charge in [-0.1, -0.05) is 19.1 Å². The number of hydrogen-bond acceptors (Lipinski definition) is 4. The zero-order valence-corrected chi connectivity index (χ0v) is 12.8. The highest BCUT2D eigenvalue weighted by Gasteiger charge is 2.20. The van der Waals surface area contributed by atoms with Gasteiger partial charge < -0.3 is 10.4 Å². The smallest absolute Gasteiger partial charge is 0.335 e. The zero-order chi connectivity index (χ0) is 17.7. The average Bonchev–Trinajstić information content (AvgIpc) is 2.61. The number of anilines is 1. The molecule has 0 aromatic heterocycles. The van der Waals surface area contributed by atoms with Crippen molar-refractivity contribution in [1.82, 2.24) is 0 Å². The first-order valence-electron chi connectivity index (χ1n) is 7.11. The molecule has 0 bridgehead atoms. The van der Waals surface area contributed by atoms with Crippen LogP contribution < -0.4 is 5.32 Å². The lowest BCUT2D eigenvalue weighted by molar-refractivity contribution is 0.0696. The van der Waals surface area contributed by atoms with Crippen molar-refractivity contribution in [3.8, 4) is 0 Å². The van der Waals surface area contributed by atoms with Crippen LogP contribution in [-0.4, -0.2) is 22.9 Å². The number of carboxylic acids is 1. The van der Waals surface area contributed by atoms with Gasteiger partial charge in [0.15, 0.2) is 0 Å². The lowest BCUT2D eigenvalue weighted by Crippen LogP contribution is -2.17. The van der Waals surface area contributed by atoms with E-state index >= 15 is 0 Å². The largest absolute Gasteiger partial charge is 0.478 e. The van der Waals surface area contributed by atoms with Crippen molar-refractivity contribution in [3.05, 3.63) is 69.6 Å². The zero-order valence-electron chi connectivity index (χ0n) is 12.8. The van der Waals surface area contributed by atoms with Gasteiger partial charge in [-0.2, -0.15) is 0 Å². The van der Waals surface area contributed by atoms with Crippen molar-refractivity contribution in [1.29, 1.82) is 0 Å². The quantitative estimate of drug-likeness (QED) is 0.820. The Morgan fingerprint density at radius 3 is 2.25 bits per heavy atom. The summed E-state index contributed by atoms with van der Waals surface area (Å²) < 4.78 is 0. The molecule has 7 heteroatoms. The monoisotopic (exact) mass is 326 g/mol. The van der Waals surface area contributed by atoms with E-state index in [-0.39, 0.29) is 16.7 Å². The third-order valence-corrected chi connectivity index (χ3v) is 3.44. The van der Waals surface area contributed by atoms with Gasteiger partial charge in [-0.05, 0) is 42.3 Å². The minimum atomic E-state index is -1.28. The van der Waals surface area contributed by atoms with Crippen molar-refractivity contribution in [3.63, 3.8) is 0 Å². The van der Waals surface area contributed by atoms with E-state index in [1.807, 2.05) is 19.1 Å². The van der Waals surface area contributed by atoms with Crippen molar-refractivity contribution in [2.75, 3.05) is 5.32 Å². The van der Waals surface area contributed by atoms with Gasteiger partial charge >= 0.3 is 11.9 Å². The van der Waals surface area contributed by atoms with E-state index in [1.54, 1.807) is 12.1 Å². The molecule has 0 aliphatic heterocycles. The van der Waals surface area contributed by atoms with E-state index in [9.17, 15) is 19.3 Å². The van der Waals surface area contributed by atoms with Crippen LogP contribution in [0.5, 0.6) is 0 Å². The molecule has 0 radical (unpaired) electrons. The number of nitrogens with zero attached hydrogens (tertiary/aromatic N) is 1. The molecule has 0 unspecified atom stereocenters. The molecular formula is C17H14N2O5. The summed E-state index contributed by atoms with van der Waals surface area (Å²) in [6, 6.07) is 10.4. The summed E-state index contributed by atoms with van der Waals surface area (Å²) in [6.07, 6.45) is 0.856. The molecule has 0 saturated heterocycles. The molecule has 0 fully saturated rings. The molecule has 2 rings (SSSR count). The first-order chi connectivity index (χ1) is 11.5. The fourth-order valence-corrected chi connectivity index (χ4v) is 2.12. The summed E-state index contributed by atoms with van der Waals surface area (Å²) >= 11 is 0. The van der Waals surface area contributed by atoms with Gasteiger partial charge in [0.1, 0.15) is 0 Å². The average molecular weight is 326 g/mol. The van der Waals surface area contributed by atoms with E-state index < -0.39 is 17.8 Å². The minimum absolute atomic E-state index is 0.121. The second-order valence-corrected chi connectivity index (χ2v) is 4.97. The van der Waals surface area contributed by atoms with E-state index in [0.29, 0.717) is 5.69 Å². The Hall–Kier alpha value is -3.35. The van der Waals surface area contributed by atoms with Gasteiger partial charge in [-0.25, -0.2) is 4.79 Å². The van der Waals surface area contributed by atoms with Gasteiger partial charge in [0, 0.05) is 10.9 Å². The predicted octanol–water partition coefficient (Wildman–Crippen LogP) is 3.11. The number of aryl methyl sites for hydroxylation is 1. The summed E-state index contributed by atoms with van der Waals surface area (Å²) in [4.78, 5) is 45.4. The van der Waals surface area contributed by atoms with Crippen molar-refractivity contribution in [2.45, 2.75) is 13.3 Å². The summed E-state index contributed by atoms with van der Waals surface area (Å²) in [7, 11) is 0. The van der Waals surface area contributed by atoms with E-state index in [1.165, 1.54) is 12.1 Å². The first-order valence-corrected chi connectivity index (χ1v) is 7.11. The Bertz CT molecular complexity index is 812. The van der Waals surface area contributed by atoms with Gasteiger partial charge in [0.25, 0.3) is 5.91 Å². The number of nitroso groups, excluding NO2 is 1.